The molecule has 3 nitrogen and oxygen atoms in total. The number of hydrogen-bond donors (Lipinski definition) is 2. The van der Waals surface area contributed by atoms with Crippen LogP contribution in [-0.4, -0.2) is 17.2 Å². The predicted octanol–water partition coefficient (Wildman–Crippen LogP) is 1.87. The van der Waals surface area contributed by atoms with E-state index >= 15 is 0 Å². The predicted molar refractivity (Wildman–Crippen MR) is 81.3 cm³/mol. The average molecular weight is 270 g/mol. The third kappa shape index (κ3) is 3.41. The first-order valence-electron chi connectivity index (χ1n) is 6.63. The molecule has 0 spiro atoms. The van der Waals surface area contributed by atoms with Crippen LogP contribution in [0.3, 0.4) is 0 Å². The molecule has 0 bridgehead atoms. The first-order chi connectivity index (χ1) is 9.47. The van der Waals surface area contributed by atoms with E-state index in [1.807, 2.05) is 13.0 Å². The quantitative estimate of drug-likeness (QED) is 0.834. The van der Waals surface area contributed by atoms with Gasteiger partial charge in [0.15, 0.2) is 0 Å². The normalized spacial score (nSPS) is 10.4. The molecule has 2 N–H and O–H groups in total. The smallest absolute Gasteiger partial charge is 0.488 e. The molecule has 0 aromatic heterocycles. The van der Waals surface area contributed by atoms with Gasteiger partial charge in [-0.1, -0.05) is 24.3 Å². The van der Waals surface area contributed by atoms with Crippen LogP contribution in [0.15, 0.2) is 36.4 Å². The molecule has 0 aliphatic heterocycles. The van der Waals surface area contributed by atoms with Gasteiger partial charge < -0.3 is 14.8 Å². The lowest BCUT2D eigenvalue weighted by Crippen LogP contribution is -2.31. The molecule has 0 heterocycles. The minimum absolute atomic E-state index is 0.502. The van der Waals surface area contributed by atoms with Crippen molar-refractivity contribution in [3.8, 4) is 5.75 Å². The summed E-state index contributed by atoms with van der Waals surface area (Å²) in [6.45, 7) is 6.50. The SMILES string of the molecule is Cc1ccc(COc2ccc(B(O)O)c(C)c2)cc1C. The van der Waals surface area contributed by atoms with Gasteiger partial charge in [0.25, 0.3) is 0 Å². The van der Waals surface area contributed by atoms with Gasteiger partial charge in [0.05, 0.1) is 0 Å². The standard InChI is InChI=1S/C16H19BO3/c1-11-4-5-14(8-12(11)2)10-20-15-6-7-16(17(18)19)13(3)9-15/h4-9,18-19H,10H2,1-3H3. The Morgan fingerprint density at radius 2 is 1.65 bits per heavy atom. The molecule has 2 rings (SSSR count). The maximum absolute atomic E-state index is 9.17. The van der Waals surface area contributed by atoms with Crippen LogP contribution >= 0.6 is 0 Å². The van der Waals surface area contributed by atoms with E-state index in [4.69, 9.17) is 4.74 Å². The van der Waals surface area contributed by atoms with Crippen molar-refractivity contribution in [2.75, 3.05) is 0 Å². The molecule has 0 unspecified atom stereocenters. The Balaban J connectivity index is 2.07. The molecule has 20 heavy (non-hydrogen) atoms. The summed E-state index contributed by atoms with van der Waals surface area (Å²) >= 11 is 0. The van der Waals surface area contributed by atoms with E-state index in [2.05, 4.69) is 32.0 Å². The first kappa shape index (κ1) is 14.6. The number of hydrogen-bond acceptors (Lipinski definition) is 3. The Kier molecular flexibility index (Phi) is 4.48. The van der Waals surface area contributed by atoms with Crippen molar-refractivity contribution >= 4 is 12.6 Å². The van der Waals surface area contributed by atoms with Crippen molar-refractivity contribution in [3.05, 3.63) is 58.7 Å². The van der Waals surface area contributed by atoms with Gasteiger partial charge >= 0.3 is 7.12 Å². The van der Waals surface area contributed by atoms with Crippen molar-refractivity contribution in [1.82, 2.24) is 0 Å². The lowest BCUT2D eigenvalue weighted by Gasteiger charge is -2.11. The molecule has 2 aromatic rings. The van der Waals surface area contributed by atoms with Gasteiger partial charge in [-0.2, -0.15) is 0 Å². The second-order valence-corrected chi connectivity index (χ2v) is 5.10. The minimum Gasteiger partial charge on any atom is -0.489 e. The molecular formula is C16H19BO3. The van der Waals surface area contributed by atoms with Crippen LogP contribution in [0.1, 0.15) is 22.3 Å². The molecule has 4 heteroatoms. The second-order valence-electron chi connectivity index (χ2n) is 5.10. The van der Waals surface area contributed by atoms with Crippen LogP contribution in [0, 0.1) is 20.8 Å². The van der Waals surface area contributed by atoms with E-state index in [-0.39, 0.29) is 0 Å². The Bertz CT molecular complexity index is 609. The van der Waals surface area contributed by atoms with E-state index in [1.165, 1.54) is 11.1 Å². The molecule has 104 valence electrons. The van der Waals surface area contributed by atoms with Crippen LogP contribution in [0.2, 0.25) is 0 Å². The molecule has 2 aromatic carbocycles. The fourth-order valence-electron chi connectivity index (χ4n) is 2.09. The molecule has 0 radical (unpaired) electrons. The van der Waals surface area contributed by atoms with Gasteiger partial charge in [0.1, 0.15) is 12.4 Å². The maximum atomic E-state index is 9.17. The van der Waals surface area contributed by atoms with E-state index < -0.39 is 7.12 Å². The van der Waals surface area contributed by atoms with Crippen LogP contribution in [0.5, 0.6) is 5.75 Å². The number of ether oxygens (including phenoxy) is 1. The van der Waals surface area contributed by atoms with Crippen molar-refractivity contribution in [2.45, 2.75) is 27.4 Å². The summed E-state index contributed by atoms with van der Waals surface area (Å²) in [5.74, 6) is 0.727. The van der Waals surface area contributed by atoms with Crippen molar-refractivity contribution in [3.63, 3.8) is 0 Å². The minimum atomic E-state index is -1.44. The third-order valence-electron chi connectivity index (χ3n) is 3.50. The van der Waals surface area contributed by atoms with Crippen molar-refractivity contribution < 1.29 is 14.8 Å². The van der Waals surface area contributed by atoms with Crippen LogP contribution in [0.4, 0.5) is 0 Å². The zero-order valence-corrected chi connectivity index (χ0v) is 12.1. The summed E-state index contributed by atoms with van der Waals surface area (Å²) in [6.07, 6.45) is 0. The summed E-state index contributed by atoms with van der Waals surface area (Å²) in [7, 11) is -1.44. The Labute approximate surface area is 120 Å². The zero-order valence-electron chi connectivity index (χ0n) is 12.1. The second kappa shape index (κ2) is 6.12. The largest absolute Gasteiger partial charge is 0.489 e. The van der Waals surface area contributed by atoms with E-state index in [0.29, 0.717) is 12.1 Å². The molecule has 0 saturated heterocycles. The highest BCUT2D eigenvalue weighted by atomic mass is 16.5. The summed E-state index contributed by atoms with van der Waals surface area (Å²) in [5.41, 5.74) is 4.95. The van der Waals surface area contributed by atoms with Gasteiger partial charge in [0, 0.05) is 0 Å². The topological polar surface area (TPSA) is 49.7 Å². The molecule has 0 aliphatic carbocycles. The maximum Gasteiger partial charge on any atom is 0.488 e. The van der Waals surface area contributed by atoms with E-state index in [9.17, 15) is 10.0 Å². The van der Waals surface area contributed by atoms with Crippen molar-refractivity contribution in [2.24, 2.45) is 0 Å². The molecular weight excluding hydrogens is 251 g/mol. The Hall–Kier alpha value is -1.78. The van der Waals surface area contributed by atoms with Gasteiger partial charge in [0.2, 0.25) is 0 Å². The monoisotopic (exact) mass is 270 g/mol. The summed E-state index contributed by atoms with van der Waals surface area (Å²) in [4.78, 5) is 0. The Morgan fingerprint density at radius 3 is 2.25 bits per heavy atom. The fraction of sp³-hybridized carbons (Fsp3) is 0.250. The van der Waals surface area contributed by atoms with Crippen molar-refractivity contribution in [1.29, 1.82) is 0 Å². The van der Waals surface area contributed by atoms with E-state index in [1.54, 1.807) is 12.1 Å². The van der Waals surface area contributed by atoms with Crippen LogP contribution < -0.4 is 10.2 Å². The lowest BCUT2D eigenvalue weighted by atomic mass is 9.77. The number of aryl methyl sites for hydroxylation is 3. The van der Waals surface area contributed by atoms with Gasteiger partial charge in [-0.05, 0) is 60.6 Å². The van der Waals surface area contributed by atoms with Crippen LogP contribution in [0.25, 0.3) is 0 Å². The lowest BCUT2D eigenvalue weighted by molar-refractivity contribution is 0.306. The highest BCUT2D eigenvalue weighted by molar-refractivity contribution is 6.59. The number of benzene rings is 2. The highest BCUT2D eigenvalue weighted by Crippen LogP contribution is 2.15. The molecule has 0 aliphatic rings. The fourth-order valence-corrected chi connectivity index (χ4v) is 2.09. The number of rotatable bonds is 4. The zero-order chi connectivity index (χ0) is 14.7. The molecule has 0 fully saturated rings. The summed E-state index contributed by atoms with van der Waals surface area (Å²) < 4.78 is 5.74. The summed E-state index contributed by atoms with van der Waals surface area (Å²) in [5, 5.41) is 18.3. The van der Waals surface area contributed by atoms with E-state index in [0.717, 1.165) is 16.9 Å². The van der Waals surface area contributed by atoms with Gasteiger partial charge in [-0.25, -0.2) is 0 Å². The average Bonchev–Trinajstić information content (AvgIpc) is 2.40. The third-order valence-corrected chi connectivity index (χ3v) is 3.50. The Morgan fingerprint density at radius 1 is 0.900 bits per heavy atom. The van der Waals surface area contributed by atoms with Gasteiger partial charge in [-0.15, -0.1) is 0 Å². The molecule has 0 amide bonds. The van der Waals surface area contributed by atoms with Gasteiger partial charge in [-0.3, -0.25) is 0 Å². The first-order valence-corrected chi connectivity index (χ1v) is 6.63. The molecule has 0 saturated carbocycles. The molecule has 0 atom stereocenters. The highest BCUT2D eigenvalue weighted by Gasteiger charge is 2.13. The van der Waals surface area contributed by atoms with Crippen LogP contribution in [-0.2, 0) is 6.61 Å². The summed E-state index contributed by atoms with van der Waals surface area (Å²) in [6, 6.07) is 11.5.